The first-order valence-corrected chi connectivity index (χ1v) is 11.2. The molecule has 32 heavy (non-hydrogen) atoms. The van der Waals surface area contributed by atoms with E-state index in [1.165, 1.54) is 25.0 Å². The lowest BCUT2D eigenvalue weighted by atomic mass is 9.38. The van der Waals surface area contributed by atoms with Crippen molar-refractivity contribution in [2.75, 3.05) is 13.2 Å². The van der Waals surface area contributed by atoms with E-state index >= 15 is 0 Å². The van der Waals surface area contributed by atoms with Crippen molar-refractivity contribution in [3.8, 4) is 11.5 Å². The van der Waals surface area contributed by atoms with Gasteiger partial charge in [-0.15, -0.1) is 0 Å². The van der Waals surface area contributed by atoms with Crippen LogP contribution in [0, 0.1) is 11.2 Å². The van der Waals surface area contributed by atoms with Crippen molar-refractivity contribution in [3.63, 3.8) is 0 Å². The Kier molecular flexibility index (Phi) is 5.32. The third-order valence-corrected chi connectivity index (χ3v) is 6.84. The maximum absolute atomic E-state index is 13.4. The minimum atomic E-state index is -0.592. The van der Waals surface area contributed by atoms with Crippen LogP contribution in [0.25, 0.3) is 0 Å². The fourth-order valence-corrected chi connectivity index (χ4v) is 5.21. The molecule has 0 unspecified atom stereocenters. The van der Waals surface area contributed by atoms with Crippen molar-refractivity contribution in [2.24, 2.45) is 5.41 Å². The number of nitrogens with zero attached hydrogens (tertiary/aromatic N) is 1. The number of ketones is 1. The molecule has 1 aromatic heterocycles. The maximum Gasteiger partial charge on any atom is 0.258 e. The lowest BCUT2D eigenvalue weighted by molar-refractivity contribution is -0.173. The molecular formula is C24H24ClFN2O4. The summed E-state index contributed by atoms with van der Waals surface area (Å²) >= 11 is 5.64. The van der Waals surface area contributed by atoms with E-state index in [4.69, 9.17) is 21.1 Å². The van der Waals surface area contributed by atoms with Crippen molar-refractivity contribution in [1.82, 2.24) is 10.3 Å². The van der Waals surface area contributed by atoms with E-state index in [9.17, 15) is 14.0 Å². The number of ether oxygens (including phenoxy) is 2. The molecule has 0 spiro atoms. The first-order chi connectivity index (χ1) is 15.3. The number of carbonyl (C=O) groups excluding carboxylic acids is 2. The van der Waals surface area contributed by atoms with Gasteiger partial charge in [0.1, 0.15) is 23.9 Å². The van der Waals surface area contributed by atoms with Crippen LogP contribution in [0.15, 0.2) is 36.5 Å². The molecule has 0 saturated heterocycles. The van der Waals surface area contributed by atoms with Gasteiger partial charge in [-0.3, -0.25) is 14.6 Å². The molecule has 6 nitrogen and oxygen atoms in total. The standard InChI is InChI=1S/C24H24ClFN2O4/c25-19-5-3-17(7-20(19)26)32-11-22(30)28-24-12-23(13-24,14-24)8-16(29)10-31-18-4-6-21(27-9-18)15-1-2-15/h3-7,9,15H,1-2,8,10-14H2,(H,28,30). The van der Waals surface area contributed by atoms with Gasteiger partial charge in [-0.05, 0) is 61.8 Å². The summed E-state index contributed by atoms with van der Waals surface area (Å²) in [4.78, 5) is 29.0. The smallest absolute Gasteiger partial charge is 0.258 e. The number of carbonyl (C=O) groups is 2. The molecule has 4 aliphatic rings. The van der Waals surface area contributed by atoms with Crippen LogP contribution in [0.1, 0.15) is 50.1 Å². The van der Waals surface area contributed by atoms with Gasteiger partial charge < -0.3 is 14.8 Å². The summed E-state index contributed by atoms with van der Waals surface area (Å²) in [7, 11) is 0. The number of rotatable bonds is 10. The number of benzene rings is 1. The zero-order valence-electron chi connectivity index (χ0n) is 17.5. The zero-order valence-corrected chi connectivity index (χ0v) is 18.3. The van der Waals surface area contributed by atoms with E-state index in [-0.39, 0.29) is 46.6 Å². The van der Waals surface area contributed by atoms with Gasteiger partial charge in [0.25, 0.3) is 5.91 Å². The van der Waals surface area contributed by atoms with Crippen LogP contribution < -0.4 is 14.8 Å². The van der Waals surface area contributed by atoms with E-state index in [0.29, 0.717) is 18.1 Å². The van der Waals surface area contributed by atoms with Crippen LogP contribution in [-0.4, -0.2) is 35.4 Å². The predicted molar refractivity (Wildman–Crippen MR) is 115 cm³/mol. The van der Waals surface area contributed by atoms with E-state index in [1.807, 2.05) is 12.1 Å². The third kappa shape index (κ3) is 4.44. The van der Waals surface area contributed by atoms with Crippen LogP contribution in [0.2, 0.25) is 5.02 Å². The van der Waals surface area contributed by atoms with E-state index in [1.54, 1.807) is 6.20 Å². The molecule has 6 rings (SSSR count). The molecule has 4 saturated carbocycles. The first-order valence-electron chi connectivity index (χ1n) is 10.8. The van der Waals surface area contributed by atoms with Gasteiger partial charge in [-0.2, -0.15) is 0 Å². The molecule has 0 atom stereocenters. The van der Waals surface area contributed by atoms with Gasteiger partial charge in [0.15, 0.2) is 12.4 Å². The molecule has 8 heteroatoms. The van der Waals surface area contributed by atoms with Crippen molar-refractivity contribution in [3.05, 3.63) is 53.1 Å². The van der Waals surface area contributed by atoms with Crippen LogP contribution >= 0.6 is 11.6 Å². The van der Waals surface area contributed by atoms with E-state index in [0.717, 1.165) is 31.0 Å². The Balaban J connectivity index is 1.01. The number of amides is 1. The SMILES string of the molecule is O=C(COc1ccc(C2CC2)nc1)CC12CC(NC(=O)COc3ccc(Cl)c(F)c3)(C1)C2. The minimum Gasteiger partial charge on any atom is -0.484 e. The quantitative estimate of drug-likeness (QED) is 0.577. The van der Waals surface area contributed by atoms with Crippen LogP contribution in [0.3, 0.4) is 0 Å². The molecule has 1 heterocycles. The van der Waals surface area contributed by atoms with Crippen LogP contribution in [0.5, 0.6) is 11.5 Å². The number of pyridine rings is 1. The predicted octanol–water partition coefficient (Wildman–Crippen LogP) is 4.21. The fraction of sp³-hybridized carbons (Fsp3) is 0.458. The fourth-order valence-electron chi connectivity index (χ4n) is 5.10. The van der Waals surface area contributed by atoms with Gasteiger partial charge in [0.2, 0.25) is 0 Å². The largest absolute Gasteiger partial charge is 0.484 e. The molecule has 1 amide bonds. The second-order valence-corrected chi connectivity index (χ2v) is 9.83. The van der Waals surface area contributed by atoms with Crippen molar-refractivity contribution >= 4 is 23.3 Å². The van der Waals surface area contributed by atoms with Gasteiger partial charge in [-0.25, -0.2) is 4.39 Å². The van der Waals surface area contributed by atoms with Gasteiger partial charge in [0, 0.05) is 29.6 Å². The zero-order chi connectivity index (χ0) is 22.3. The van der Waals surface area contributed by atoms with Crippen LogP contribution in [-0.2, 0) is 9.59 Å². The molecule has 2 aromatic rings. The van der Waals surface area contributed by atoms with Crippen LogP contribution in [0.4, 0.5) is 4.39 Å². The molecule has 4 aliphatic carbocycles. The highest BCUT2D eigenvalue weighted by Gasteiger charge is 2.68. The molecule has 1 aromatic carbocycles. The highest BCUT2D eigenvalue weighted by molar-refractivity contribution is 6.30. The molecule has 4 fully saturated rings. The van der Waals surface area contributed by atoms with E-state index in [2.05, 4.69) is 10.3 Å². The van der Waals surface area contributed by atoms with Gasteiger partial charge in [-0.1, -0.05) is 11.6 Å². The number of hydrogen-bond acceptors (Lipinski definition) is 5. The summed E-state index contributed by atoms with van der Waals surface area (Å²) in [6.45, 7) is -0.160. The van der Waals surface area contributed by atoms with E-state index < -0.39 is 5.82 Å². The first kappa shape index (κ1) is 21.2. The summed E-state index contributed by atoms with van der Waals surface area (Å²) in [6, 6.07) is 7.89. The molecule has 0 aliphatic heterocycles. The Hall–Kier alpha value is -2.67. The summed E-state index contributed by atoms with van der Waals surface area (Å²) in [5, 5.41) is 3.00. The summed E-state index contributed by atoms with van der Waals surface area (Å²) in [5.41, 5.74) is 0.827. The number of halogens is 2. The normalized spacial score (nSPS) is 25.3. The van der Waals surface area contributed by atoms with Gasteiger partial charge >= 0.3 is 0 Å². The van der Waals surface area contributed by atoms with Crippen molar-refractivity contribution in [2.45, 2.75) is 50.0 Å². The monoisotopic (exact) mass is 458 g/mol. The Morgan fingerprint density at radius 1 is 1.09 bits per heavy atom. The molecule has 0 radical (unpaired) electrons. The van der Waals surface area contributed by atoms with Crippen molar-refractivity contribution < 1.29 is 23.5 Å². The number of aromatic nitrogens is 1. The lowest BCUT2D eigenvalue weighted by Gasteiger charge is -2.70. The number of hydrogen-bond donors (Lipinski definition) is 1. The Labute approximate surface area is 190 Å². The highest BCUT2D eigenvalue weighted by Crippen LogP contribution is 2.69. The minimum absolute atomic E-state index is 0.00376. The number of nitrogens with one attached hydrogen (secondary N) is 1. The maximum atomic E-state index is 13.4. The average Bonchev–Trinajstić information content (AvgIpc) is 3.56. The van der Waals surface area contributed by atoms with Crippen molar-refractivity contribution in [1.29, 1.82) is 0 Å². The summed E-state index contributed by atoms with van der Waals surface area (Å²) < 4.78 is 24.4. The average molecular weight is 459 g/mol. The van der Waals surface area contributed by atoms with Gasteiger partial charge in [0.05, 0.1) is 11.2 Å². The third-order valence-electron chi connectivity index (χ3n) is 6.53. The number of Topliss-reactive ketones (excluding diaryl/α,β-unsaturated/α-hetero) is 1. The Morgan fingerprint density at radius 2 is 1.81 bits per heavy atom. The summed E-state index contributed by atoms with van der Waals surface area (Å²) in [6.07, 6.45) is 6.89. The second kappa shape index (κ2) is 8.03. The lowest BCUT2D eigenvalue weighted by Crippen LogP contribution is -2.75. The highest BCUT2D eigenvalue weighted by atomic mass is 35.5. The Morgan fingerprint density at radius 3 is 2.47 bits per heavy atom. The second-order valence-electron chi connectivity index (χ2n) is 9.42. The summed E-state index contributed by atoms with van der Waals surface area (Å²) in [5.74, 6) is 0.666. The molecule has 168 valence electrons. The molecule has 1 N–H and O–H groups in total. The molecular weight excluding hydrogens is 435 g/mol. The Bertz CT molecular complexity index is 1030. The topological polar surface area (TPSA) is 77.5 Å². The molecule has 2 bridgehead atoms.